The molecule has 4 N–H and O–H groups in total. The maximum Gasteiger partial charge on any atom is 0.320 e. The van der Waals surface area contributed by atoms with Crippen LogP contribution in [0.2, 0.25) is 0 Å². The lowest BCUT2D eigenvalue weighted by atomic mass is 9.79. The van der Waals surface area contributed by atoms with Gasteiger partial charge < -0.3 is 39.7 Å². The summed E-state index contributed by atoms with van der Waals surface area (Å²) in [6, 6.07) is 15.2. The fourth-order valence-electron chi connectivity index (χ4n) is 10.3. The molecule has 2 aromatic carbocycles. The molecule has 1 saturated carbocycles. The van der Waals surface area contributed by atoms with E-state index in [1.165, 1.54) is 5.56 Å². The standard InChI is InChI=1S/C44H51N11O5/c1-51-19-20-55(44(51)59)30-3-2-15-53(25-30)36-23-46-40(41(45)57)42(48-36)47-29-6-4-27(5-7-29)28-12-16-52(17-13-28)24-26-21-31(22-26)54-18-14-32-34(54)9-10-35-38(32)39(50-60-35)33-8-11-37(56)49-43(33)58/h4-7,9-10,14,18,23,26,28,30-31,33H,2-3,8,11-13,15-17,19-22,24-25H2,1H3,(H2,45,57)(H,47,48)(H,49,56,58)/t26-,30-,31-,33?/m1/s1. The number of nitrogens with one attached hydrogen (secondary N) is 2. The third-order valence-electron chi connectivity index (χ3n) is 13.7. The van der Waals surface area contributed by atoms with Crippen molar-refractivity contribution < 1.29 is 23.7 Å². The second-order valence-electron chi connectivity index (χ2n) is 17.4. The van der Waals surface area contributed by atoms with E-state index in [2.05, 4.69) is 65.6 Å². The number of hydrogen-bond acceptors (Lipinski definition) is 11. The van der Waals surface area contributed by atoms with Crippen LogP contribution in [0.3, 0.4) is 0 Å². The Balaban J connectivity index is 0.731. The highest BCUT2D eigenvalue weighted by molar-refractivity contribution is 6.09. The molecule has 5 fully saturated rings. The minimum absolute atomic E-state index is 0.0709. The van der Waals surface area contributed by atoms with Gasteiger partial charge in [-0.15, -0.1) is 0 Å². The number of urea groups is 1. The van der Waals surface area contributed by atoms with Gasteiger partial charge >= 0.3 is 6.03 Å². The van der Waals surface area contributed by atoms with Gasteiger partial charge in [0.25, 0.3) is 5.91 Å². The summed E-state index contributed by atoms with van der Waals surface area (Å²) in [6.45, 7) is 6.16. The number of nitrogens with two attached hydrogens (primary N) is 1. The van der Waals surface area contributed by atoms with Crippen LogP contribution >= 0.6 is 0 Å². The number of carbonyl (C=O) groups is 4. The van der Waals surface area contributed by atoms with E-state index in [0.29, 0.717) is 60.2 Å². The van der Waals surface area contributed by atoms with Gasteiger partial charge in [0.15, 0.2) is 17.1 Å². The van der Waals surface area contributed by atoms with Gasteiger partial charge in [0.05, 0.1) is 23.5 Å². The number of carbonyl (C=O) groups excluding carboxylic acids is 4. The zero-order chi connectivity index (χ0) is 41.1. The van der Waals surface area contributed by atoms with Crippen molar-refractivity contribution in [3.05, 3.63) is 71.8 Å². The quantitative estimate of drug-likeness (QED) is 0.159. The van der Waals surface area contributed by atoms with Gasteiger partial charge in [-0.2, -0.15) is 0 Å². The summed E-state index contributed by atoms with van der Waals surface area (Å²) >= 11 is 0. The number of nitrogens with zero attached hydrogens (tertiary/aromatic N) is 8. The van der Waals surface area contributed by atoms with Gasteiger partial charge in [0.1, 0.15) is 11.5 Å². The molecule has 4 aliphatic heterocycles. The topological polar surface area (TPSA) is 188 Å². The summed E-state index contributed by atoms with van der Waals surface area (Å²) in [7, 11) is 1.84. The Morgan fingerprint density at radius 1 is 0.950 bits per heavy atom. The Kier molecular flexibility index (Phi) is 9.89. The highest BCUT2D eigenvalue weighted by Gasteiger charge is 2.37. The highest BCUT2D eigenvalue weighted by atomic mass is 16.5. The van der Waals surface area contributed by atoms with Crippen LogP contribution in [0.25, 0.3) is 21.9 Å². The minimum atomic E-state index is -0.645. The van der Waals surface area contributed by atoms with Gasteiger partial charge in [0, 0.05) is 75.0 Å². The third-order valence-corrected chi connectivity index (χ3v) is 13.7. The molecule has 7 heterocycles. The van der Waals surface area contributed by atoms with E-state index in [4.69, 9.17) is 15.2 Å². The van der Waals surface area contributed by atoms with Crippen molar-refractivity contribution in [3.63, 3.8) is 0 Å². The van der Waals surface area contributed by atoms with Crippen molar-refractivity contribution in [2.75, 3.05) is 63.1 Å². The number of primary amides is 1. The SMILES string of the molecule is CN1CCN([C@@H]2CCCN(c3cnc(C(N)=O)c(Nc4ccc(C5CCN(C[C@H]6C[C@H](n7ccc8c9c(C%10CCC(=O)NC%10=O)noc9ccc87)C6)CC5)cc4)n3)C2)C1=O. The van der Waals surface area contributed by atoms with Gasteiger partial charge in [-0.25, -0.2) is 14.8 Å². The summed E-state index contributed by atoms with van der Waals surface area (Å²) in [4.78, 5) is 67.3. The molecular weight excluding hydrogens is 763 g/mol. The van der Waals surface area contributed by atoms with E-state index >= 15 is 0 Å². The molecule has 5 aliphatic rings. The van der Waals surface area contributed by atoms with E-state index in [0.717, 1.165) is 99.8 Å². The summed E-state index contributed by atoms with van der Waals surface area (Å²) < 4.78 is 8.02. The third kappa shape index (κ3) is 7.09. The van der Waals surface area contributed by atoms with E-state index in [-0.39, 0.29) is 29.6 Å². The second-order valence-corrected chi connectivity index (χ2v) is 17.4. The largest absolute Gasteiger partial charge is 0.364 e. The normalized spacial score (nSPS) is 24.4. The van der Waals surface area contributed by atoms with E-state index in [9.17, 15) is 19.2 Å². The molecule has 0 radical (unpaired) electrons. The number of hydrogen-bond donors (Lipinski definition) is 3. The average Bonchev–Trinajstić information content (AvgIpc) is 3.96. The Labute approximate surface area is 347 Å². The molecule has 0 bridgehead atoms. The Morgan fingerprint density at radius 3 is 2.52 bits per heavy atom. The maximum absolute atomic E-state index is 12.7. The molecule has 5 amide bonds. The van der Waals surface area contributed by atoms with Crippen LogP contribution in [0.1, 0.15) is 91.0 Å². The van der Waals surface area contributed by atoms with Crippen LogP contribution in [0.5, 0.6) is 0 Å². The lowest BCUT2D eigenvalue weighted by Crippen LogP contribution is -2.49. The lowest BCUT2D eigenvalue weighted by molar-refractivity contribution is -0.134. The number of amides is 5. The zero-order valence-corrected chi connectivity index (χ0v) is 33.9. The minimum Gasteiger partial charge on any atom is -0.364 e. The number of rotatable bonds is 10. The predicted octanol–water partition coefficient (Wildman–Crippen LogP) is 5.10. The molecule has 1 aliphatic carbocycles. The number of piperidine rings is 3. The molecule has 0 spiro atoms. The molecular formula is C44H51N11O5. The zero-order valence-electron chi connectivity index (χ0n) is 33.9. The molecule has 5 aromatic rings. The van der Waals surface area contributed by atoms with Crippen molar-refractivity contribution >= 4 is 62.9 Å². The molecule has 16 heteroatoms. The molecule has 1 unspecified atom stereocenters. The Hall–Kier alpha value is -6.03. The van der Waals surface area contributed by atoms with E-state index in [1.54, 1.807) is 11.1 Å². The number of aromatic nitrogens is 4. The van der Waals surface area contributed by atoms with E-state index in [1.807, 2.05) is 30.1 Å². The molecule has 2 atom stereocenters. The fraction of sp³-hybridized carbons (Fsp3) is 0.477. The van der Waals surface area contributed by atoms with Crippen molar-refractivity contribution in [1.82, 2.24) is 39.7 Å². The molecule has 10 rings (SSSR count). The summed E-state index contributed by atoms with van der Waals surface area (Å²) in [6.07, 6.45) is 10.8. The monoisotopic (exact) mass is 813 g/mol. The highest BCUT2D eigenvalue weighted by Crippen LogP contribution is 2.43. The van der Waals surface area contributed by atoms with Crippen LogP contribution in [-0.2, 0) is 9.59 Å². The molecule has 60 heavy (non-hydrogen) atoms. The lowest BCUT2D eigenvalue weighted by Gasteiger charge is -2.41. The number of benzene rings is 2. The van der Waals surface area contributed by atoms with Crippen LogP contribution < -0.4 is 21.3 Å². The van der Waals surface area contributed by atoms with Gasteiger partial charge in [0.2, 0.25) is 11.8 Å². The van der Waals surface area contributed by atoms with Crippen molar-refractivity contribution in [2.45, 2.75) is 75.3 Å². The molecule has 4 saturated heterocycles. The number of imide groups is 1. The smallest absolute Gasteiger partial charge is 0.320 e. The number of likely N-dealkylation sites (N-methyl/N-ethyl adjacent to an activating group) is 1. The maximum atomic E-state index is 12.7. The summed E-state index contributed by atoms with van der Waals surface area (Å²) in [5, 5.41) is 12.0. The Bertz CT molecular complexity index is 2470. The molecule has 3 aromatic heterocycles. The fourth-order valence-corrected chi connectivity index (χ4v) is 10.3. The first-order chi connectivity index (χ1) is 29.2. The van der Waals surface area contributed by atoms with Crippen molar-refractivity contribution in [3.8, 4) is 0 Å². The van der Waals surface area contributed by atoms with Gasteiger partial charge in [-0.3, -0.25) is 19.7 Å². The van der Waals surface area contributed by atoms with Crippen LogP contribution in [0, 0.1) is 5.92 Å². The summed E-state index contributed by atoms with van der Waals surface area (Å²) in [5.74, 6) is 0.424. The first kappa shape index (κ1) is 38.2. The first-order valence-electron chi connectivity index (χ1n) is 21.4. The van der Waals surface area contributed by atoms with Crippen LogP contribution in [0.15, 0.2) is 59.4 Å². The van der Waals surface area contributed by atoms with Crippen molar-refractivity contribution in [2.24, 2.45) is 11.7 Å². The van der Waals surface area contributed by atoms with Gasteiger partial charge in [-0.1, -0.05) is 17.3 Å². The average molecular weight is 814 g/mol. The first-order valence-corrected chi connectivity index (χ1v) is 21.4. The van der Waals surface area contributed by atoms with Crippen LogP contribution in [0.4, 0.5) is 22.1 Å². The second kappa shape index (κ2) is 15.5. The predicted molar refractivity (Wildman–Crippen MR) is 225 cm³/mol. The van der Waals surface area contributed by atoms with Crippen molar-refractivity contribution in [1.29, 1.82) is 0 Å². The van der Waals surface area contributed by atoms with Gasteiger partial charge in [-0.05, 0) is 106 Å². The number of fused-ring (bicyclic) bond motifs is 3. The Morgan fingerprint density at radius 2 is 1.77 bits per heavy atom. The summed E-state index contributed by atoms with van der Waals surface area (Å²) in [5.41, 5.74) is 10.3. The van der Waals surface area contributed by atoms with E-state index < -0.39 is 11.8 Å². The number of anilines is 3. The molecule has 312 valence electrons. The number of likely N-dealkylation sites (tertiary alicyclic amines) is 1. The molecule has 16 nitrogen and oxygen atoms in total. The van der Waals surface area contributed by atoms with Crippen LogP contribution in [-0.4, -0.2) is 117 Å².